The van der Waals surface area contributed by atoms with Crippen molar-refractivity contribution in [1.29, 1.82) is 0 Å². The molecule has 0 saturated carbocycles. The van der Waals surface area contributed by atoms with Gasteiger partial charge in [-0.1, -0.05) is 23.2 Å². The zero-order valence-electron chi connectivity index (χ0n) is 5.63. The molecule has 0 spiro atoms. The number of alkyl halides is 3. The number of nitrogen functional groups attached to an aromatic ring is 2. The van der Waals surface area contributed by atoms with Gasteiger partial charge in [-0.25, -0.2) is 0 Å². The van der Waals surface area contributed by atoms with Gasteiger partial charge in [-0.2, -0.15) is 19.3 Å². The van der Waals surface area contributed by atoms with E-state index in [1.165, 1.54) is 0 Å². The number of nitrogens with zero attached hydrogens (tertiary/aromatic N) is 3. The zero-order chi connectivity index (χ0) is 9.35. The second-order valence-electron chi connectivity index (χ2n) is 1.87. The molecular weight excluding hydrogens is 208 g/mol. The van der Waals surface area contributed by atoms with E-state index in [0.29, 0.717) is 0 Å². The standard InChI is InChI=1S/C4H4Cl2FN5/c5-4(6,7)1-10-2(8)12-3(9)11-1/h(H4,8,9,10,11,12). The first kappa shape index (κ1) is 9.21. The quantitative estimate of drug-likeness (QED) is 0.664. The van der Waals surface area contributed by atoms with Crippen molar-refractivity contribution in [1.82, 2.24) is 15.0 Å². The predicted octanol–water partition coefficient (Wildman–Crippen LogP) is 0.593. The lowest BCUT2D eigenvalue weighted by atomic mass is 10.6. The summed E-state index contributed by atoms with van der Waals surface area (Å²) in [7, 11) is 0. The molecule has 0 radical (unpaired) electrons. The minimum atomic E-state index is -2.70. The summed E-state index contributed by atoms with van der Waals surface area (Å²) < 4.78 is 10.0. The van der Waals surface area contributed by atoms with E-state index in [2.05, 4.69) is 15.0 Å². The van der Waals surface area contributed by atoms with Crippen LogP contribution in [0.2, 0.25) is 0 Å². The molecule has 0 aliphatic carbocycles. The highest BCUT2D eigenvalue weighted by molar-refractivity contribution is 6.46. The lowest BCUT2D eigenvalue weighted by molar-refractivity contribution is 0.386. The molecule has 4 N–H and O–H groups in total. The Labute approximate surface area is 76.9 Å². The van der Waals surface area contributed by atoms with Gasteiger partial charge in [0, 0.05) is 0 Å². The smallest absolute Gasteiger partial charge is 0.317 e. The number of anilines is 2. The monoisotopic (exact) mass is 211 g/mol. The van der Waals surface area contributed by atoms with Gasteiger partial charge >= 0.3 is 4.59 Å². The second kappa shape index (κ2) is 2.87. The third-order valence-corrected chi connectivity index (χ3v) is 1.26. The van der Waals surface area contributed by atoms with Crippen molar-refractivity contribution in [3.05, 3.63) is 5.82 Å². The fraction of sp³-hybridized carbons (Fsp3) is 0.250. The van der Waals surface area contributed by atoms with Gasteiger partial charge in [0.05, 0.1) is 0 Å². The molecule has 1 aromatic rings. The molecule has 1 heterocycles. The minimum absolute atomic E-state index is 0.235. The fourth-order valence-corrected chi connectivity index (χ4v) is 0.705. The van der Waals surface area contributed by atoms with Crippen molar-refractivity contribution in [3.63, 3.8) is 0 Å². The molecule has 12 heavy (non-hydrogen) atoms. The SMILES string of the molecule is Nc1nc(N)nc(C(F)(Cl)Cl)n1. The fourth-order valence-electron chi connectivity index (χ4n) is 0.536. The van der Waals surface area contributed by atoms with Crippen LogP contribution in [0.1, 0.15) is 5.82 Å². The van der Waals surface area contributed by atoms with E-state index in [1.54, 1.807) is 0 Å². The van der Waals surface area contributed by atoms with Gasteiger partial charge in [0.2, 0.25) is 17.7 Å². The molecule has 0 aliphatic rings. The van der Waals surface area contributed by atoms with Crippen LogP contribution in [0, 0.1) is 0 Å². The van der Waals surface area contributed by atoms with Crippen molar-refractivity contribution in [2.75, 3.05) is 11.5 Å². The molecule has 8 heteroatoms. The summed E-state index contributed by atoms with van der Waals surface area (Å²) in [5, 5.41) is 0. The van der Waals surface area contributed by atoms with Gasteiger partial charge in [0.15, 0.2) is 0 Å². The van der Waals surface area contributed by atoms with Crippen molar-refractivity contribution in [2.45, 2.75) is 4.59 Å². The second-order valence-corrected chi connectivity index (χ2v) is 3.11. The number of hydrogen-bond acceptors (Lipinski definition) is 5. The molecule has 0 amide bonds. The van der Waals surface area contributed by atoms with E-state index in [1.807, 2.05) is 0 Å². The molecule has 1 rings (SSSR count). The molecule has 5 nitrogen and oxygen atoms in total. The van der Waals surface area contributed by atoms with Crippen LogP contribution in [0.5, 0.6) is 0 Å². The Morgan fingerprint density at radius 2 is 1.50 bits per heavy atom. The Hall–Kier alpha value is -0.880. The van der Waals surface area contributed by atoms with E-state index in [4.69, 9.17) is 34.7 Å². The predicted molar refractivity (Wildman–Crippen MR) is 43.1 cm³/mol. The molecule has 0 saturated heterocycles. The summed E-state index contributed by atoms with van der Waals surface area (Å²) in [5.74, 6) is -0.988. The van der Waals surface area contributed by atoms with Crippen LogP contribution < -0.4 is 11.5 Å². The lowest BCUT2D eigenvalue weighted by Gasteiger charge is -2.07. The van der Waals surface area contributed by atoms with E-state index in [9.17, 15) is 4.39 Å². The van der Waals surface area contributed by atoms with Gasteiger partial charge < -0.3 is 11.5 Å². The summed E-state index contributed by atoms with van der Waals surface area (Å²) in [6.45, 7) is 0. The summed E-state index contributed by atoms with van der Waals surface area (Å²) in [4.78, 5) is 10.1. The number of hydrogen-bond donors (Lipinski definition) is 2. The first-order chi connectivity index (χ1) is 5.39. The Morgan fingerprint density at radius 3 is 1.83 bits per heavy atom. The van der Waals surface area contributed by atoms with Gasteiger partial charge in [-0.3, -0.25) is 0 Å². The van der Waals surface area contributed by atoms with Gasteiger partial charge in [-0.05, 0) is 0 Å². The number of rotatable bonds is 1. The average molecular weight is 212 g/mol. The van der Waals surface area contributed by atoms with Crippen LogP contribution in [0.3, 0.4) is 0 Å². The molecule has 0 unspecified atom stereocenters. The third kappa shape index (κ3) is 2.05. The van der Waals surface area contributed by atoms with Crippen molar-refractivity contribution in [3.8, 4) is 0 Å². The molecule has 0 aliphatic heterocycles. The Kier molecular flexibility index (Phi) is 2.20. The summed E-state index contributed by atoms with van der Waals surface area (Å²) >= 11 is 10.1. The highest BCUT2D eigenvalue weighted by atomic mass is 35.5. The number of aromatic nitrogens is 3. The molecule has 0 bridgehead atoms. The maximum atomic E-state index is 12.7. The largest absolute Gasteiger partial charge is 0.368 e. The Bertz CT molecular complexity index is 278. The highest BCUT2D eigenvalue weighted by Gasteiger charge is 2.30. The molecule has 0 aromatic carbocycles. The first-order valence-electron chi connectivity index (χ1n) is 2.74. The normalized spacial score (nSPS) is 11.6. The number of halogens is 3. The van der Waals surface area contributed by atoms with E-state index < -0.39 is 10.4 Å². The molecule has 66 valence electrons. The minimum Gasteiger partial charge on any atom is -0.368 e. The van der Waals surface area contributed by atoms with Crippen LogP contribution in [0.15, 0.2) is 0 Å². The van der Waals surface area contributed by atoms with Crippen LogP contribution in [-0.2, 0) is 4.59 Å². The summed E-state index contributed by atoms with van der Waals surface area (Å²) in [5.41, 5.74) is 10.3. The van der Waals surface area contributed by atoms with Crippen molar-refractivity contribution < 1.29 is 4.39 Å². The van der Waals surface area contributed by atoms with Gasteiger partial charge in [0.1, 0.15) is 0 Å². The van der Waals surface area contributed by atoms with E-state index >= 15 is 0 Å². The number of nitrogens with two attached hydrogens (primary N) is 2. The van der Waals surface area contributed by atoms with E-state index in [-0.39, 0.29) is 11.9 Å². The zero-order valence-corrected chi connectivity index (χ0v) is 7.14. The highest BCUT2D eigenvalue weighted by Crippen LogP contribution is 2.32. The van der Waals surface area contributed by atoms with Gasteiger partial charge in [0.25, 0.3) is 0 Å². The maximum absolute atomic E-state index is 12.7. The summed E-state index contributed by atoms with van der Waals surface area (Å²) in [6.07, 6.45) is 0. The van der Waals surface area contributed by atoms with E-state index in [0.717, 1.165) is 0 Å². The van der Waals surface area contributed by atoms with Crippen molar-refractivity contribution >= 4 is 35.1 Å². The maximum Gasteiger partial charge on any atom is 0.317 e. The van der Waals surface area contributed by atoms with Crippen LogP contribution in [0.25, 0.3) is 0 Å². The molecule has 0 atom stereocenters. The van der Waals surface area contributed by atoms with Crippen LogP contribution >= 0.6 is 23.2 Å². The lowest BCUT2D eigenvalue weighted by Crippen LogP contribution is -2.13. The van der Waals surface area contributed by atoms with Crippen molar-refractivity contribution in [2.24, 2.45) is 0 Å². The van der Waals surface area contributed by atoms with Gasteiger partial charge in [-0.15, -0.1) is 0 Å². The van der Waals surface area contributed by atoms with Crippen LogP contribution in [-0.4, -0.2) is 15.0 Å². The molecular formula is C4H4Cl2FN5. The Morgan fingerprint density at radius 1 is 1.08 bits per heavy atom. The molecule has 0 fully saturated rings. The summed E-state index contributed by atoms with van der Waals surface area (Å²) in [6, 6.07) is 0. The molecule has 1 aromatic heterocycles. The van der Waals surface area contributed by atoms with Crippen LogP contribution in [0.4, 0.5) is 16.3 Å². The first-order valence-corrected chi connectivity index (χ1v) is 3.49. The Balaban J connectivity index is 3.18. The third-order valence-electron chi connectivity index (χ3n) is 0.924. The average Bonchev–Trinajstić information content (AvgIpc) is 1.82. The topological polar surface area (TPSA) is 90.7 Å².